The van der Waals surface area contributed by atoms with Crippen molar-refractivity contribution in [1.82, 2.24) is 9.97 Å². The number of nitrogens with one attached hydrogen (secondary N) is 1. The second-order valence-corrected chi connectivity index (χ2v) is 4.85. The summed E-state index contributed by atoms with van der Waals surface area (Å²) in [6.07, 6.45) is 0. The Labute approximate surface area is 114 Å². The number of aryl methyl sites for hydroxylation is 2. The zero-order valence-corrected chi connectivity index (χ0v) is 11.7. The molecule has 4 nitrogen and oxygen atoms in total. The van der Waals surface area contributed by atoms with E-state index in [1.54, 1.807) is 12.1 Å². The molecule has 0 radical (unpaired) electrons. The average Bonchev–Trinajstić information content (AvgIpc) is 2.27. The fourth-order valence-corrected chi connectivity index (χ4v) is 2.08. The van der Waals surface area contributed by atoms with Gasteiger partial charge in [-0.3, -0.25) is 4.79 Å². The summed E-state index contributed by atoms with van der Waals surface area (Å²) in [4.78, 5) is 20.4. The summed E-state index contributed by atoms with van der Waals surface area (Å²) in [7, 11) is 0. The maximum atomic E-state index is 12.0. The molecule has 0 aliphatic carbocycles. The molecule has 0 aromatic carbocycles. The van der Waals surface area contributed by atoms with E-state index in [4.69, 9.17) is 0 Å². The first-order valence-electron chi connectivity index (χ1n) is 5.44. The number of aromatic nitrogens is 2. The number of halogens is 1. The van der Waals surface area contributed by atoms with Gasteiger partial charge in [0.15, 0.2) is 0 Å². The third-order valence-electron chi connectivity index (χ3n) is 2.28. The van der Waals surface area contributed by atoms with Crippen molar-refractivity contribution in [3.8, 4) is 0 Å². The zero-order valence-electron chi connectivity index (χ0n) is 10.1. The van der Waals surface area contributed by atoms with Crippen LogP contribution in [0.25, 0.3) is 0 Å². The van der Waals surface area contributed by atoms with Crippen LogP contribution < -0.4 is 5.32 Å². The number of hydrogen-bond donors (Lipinski definition) is 1. The summed E-state index contributed by atoms with van der Waals surface area (Å²) in [6.45, 7) is 3.71. The van der Waals surface area contributed by atoms with Crippen LogP contribution in [0.5, 0.6) is 0 Å². The predicted molar refractivity (Wildman–Crippen MR) is 73.6 cm³/mol. The predicted octanol–water partition coefficient (Wildman–Crippen LogP) is 3.11. The van der Waals surface area contributed by atoms with E-state index in [-0.39, 0.29) is 5.91 Å². The highest BCUT2D eigenvalue weighted by Crippen LogP contribution is 2.13. The number of carbonyl (C=O) groups is 1. The third kappa shape index (κ3) is 3.13. The Morgan fingerprint density at radius 1 is 1.17 bits per heavy atom. The first-order valence-corrected chi connectivity index (χ1v) is 6.23. The maximum absolute atomic E-state index is 12.0. The summed E-state index contributed by atoms with van der Waals surface area (Å²) < 4.78 is 0.831. The van der Waals surface area contributed by atoms with Crippen LogP contribution in [0, 0.1) is 13.8 Å². The molecule has 0 atom stereocenters. The Morgan fingerprint density at radius 2 is 1.94 bits per heavy atom. The van der Waals surface area contributed by atoms with Crippen LogP contribution in [0.15, 0.2) is 34.8 Å². The fraction of sp³-hybridized carbons (Fsp3) is 0.154. The van der Waals surface area contributed by atoms with Gasteiger partial charge in [-0.15, -0.1) is 0 Å². The number of hydrogen-bond acceptors (Lipinski definition) is 3. The van der Waals surface area contributed by atoms with Crippen LogP contribution in [-0.4, -0.2) is 15.9 Å². The largest absolute Gasteiger partial charge is 0.305 e. The second-order valence-electron chi connectivity index (χ2n) is 3.93. The normalized spacial score (nSPS) is 10.2. The lowest BCUT2D eigenvalue weighted by molar-refractivity contribution is 0.102. The van der Waals surface area contributed by atoms with Crippen LogP contribution in [0.1, 0.15) is 21.9 Å². The van der Waals surface area contributed by atoms with Gasteiger partial charge in [0.2, 0.25) is 0 Å². The summed E-state index contributed by atoms with van der Waals surface area (Å²) in [6, 6.07) is 8.99. The number of anilines is 1. The van der Waals surface area contributed by atoms with E-state index in [0.29, 0.717) is 11.5 Å². The first-order chi connectivity index (χ1) is 8.54. The molecule has 0 saturated heterocycles. The molecule has 2 aromatic rings. The fourth-order valence-electron chi connectivity index (χ4n) is 1.54. The van der Waals surface area contributed by atoms with Gasteiger partial charge in [0.1, 0.15) is 11.5 Å². The van der Waals surface area contributed by atoms with Gasteiger partial charge in [0, 0.05) is 15.9 Å². The number of amides is 1. The Hall–Kier alpha value is -1.75. The van der Waals surface area contributed by atoms with E-state index in [0.717, 1.165) is 15.9 Å². The van der Waals surface area contributed by atoms with Gasteiger partial charge >= 0.3 is 0 Å². The average molecular weight is 306 g/mol. The van der Waals surface area contributed by atoms with E-state index in [1.807, 2.05) is 32.0 Å². The number of pyridine rings is 2. The molecule has 0 unspecified atom stereocenters. The quantitative estimate of drug-likeness (QED) is 0.927. The molecule has 0 aliphatic heterocycles. The van der Waals surface area contributed by atoms with Crippen LogP contribution in [0.3, 0.4) is 0 Å². The molecule has 1 amide bonds. The van der Waals surface area contributed by atoms with Crippen molar-refractivity contribution in [2.45, 2.75) is 13.8 Å². The Morgan fingerprint density at radius 3 is 2.61 bits per heavy atom. The molecule has 92 valence electrons. The van der Waals surface area contributed by atoms with E-state index in [9.17, 15) is 4.79 Å². The maximum Gasteiger partial charge on any atom is 0.275 e. The van der Waals surface area contributed by atoms with Crippen LogP contribution in [0.2, 0.25) is 0 Å². The van der Waals surface area contributed by atoms with E-state index >= 15 is 0 Å². The minimum Gasteiger partial charge on any atom is -0.305 e. The van der Waals surface area contributed by atoms with Crippen LogP contribution in [-0.2, 0) is 0 Å². The van der Waals surface area contributed by atoms with Crippen molar-refractivity contribution in [3.63, 3.8) is 0 Å². The topological polar surface area (TPSA) is 54.9 Å². The minimum absolute atomic E-state index is 0.266. The van der Waals surface area contributed by atoms with Crippen molar-refractivity contribution in [2.24, 2.45) is 0 Å². The van der Waals surface area contributed by atoms with E-state index < -0.39 is 0 Å². The highest BCUT2D eigenvalue weighted by Gasteiger charge is 2.09. The highest BCUT2D eigenvalue weighted by atomic mass is 79.9. The van der Waals surface area contributed by atoms with Gasteiger partial charge in [-0.25, -0.2) is 9.97 Å². The van der Waals surface area contributed by atoms with Crippen LogP contribution >= 0.6 is 15.9 Å². The van der Waals surface area contributed by atoms with E-state index in [2.05, 4.69) is 31.2 Å². The summed E-state index contributed by atoms with van der Waals surface area (Å²) >= 11 is 3.34. The number of nitrogens with zero attached hydrogens (tertiary/aromatic N) is 2. The molecule has 5 heteroatoms. The lowest BCUT2D eigenvalue weighted by atomic mass is 10.3. The molecular formula is C13H12BrN3O. The van der Waals surface area contributed by atoms with E-state index in [1.165, 1.54) is 0 Å². The SMILES string of the molecule is Cc1cccc(NC(=O)c2cc(Br)cc(C)n2)n1. The molecule has 0 saturated carbocycles. The molecule has 2 aromatic heterocycles. The summed E-state index contributed by atoms with van der Waals surface area (Å²) in [5.41, 5.74) is 2.00. The van der Waals surface area contributed by atoms with Gasteiger partial charge in [-0.1, -0.05) is 22.0 Å². The van der Waals surface area contributed by atoms with Crippen molar-refractivity contribution >= 4 is 27.7 Å². The standard InChI is InChI=1S/C13H12BrN3O/c1-8-4-3-5-12(16-8)17-13(18)11-7-10(14)6-9(2)15-11/h3-7H,1-2H3,(H,16,17,18). The first kappa shape index (κ1) is 12.7. The smallest absolute Gasteiger partial charge is 0.275 e. The molecule has 2 rings (SSSR count). The van der Waals surface area contributed by atoms with Crippen molar-refractivity contribution in [1.29, 1.82) is 0 Å². The molecular weight excluding hydrogens is 294 g/mol. The minimum atomic E-state index is -0.266. The molecule has 1 N–H and O–H groups in total. The van der Waals surface area contributed by atoms with Gasteiger partial charge < -0.3 is 5.32 Å². The number of carbonyl (C=O) groups excluding carboxylic acids is 1. The summed E-state index contributed by atoms with van der Waals surface area (Å²) in [5, 5.41) is 2.72. The second kappa shape index (κ2) is 5.27. The van der Waals surface area contributed by atoms with Crippen molar-refractivity contribution in [2.75, 3.05) is 5.32 Å². The molecule has 2 heterocycles. The molecule has 18 heavy (non-hydrogen) atoms. The van der Waals surface area contributed by atoms with Gasteiger partial charge in [0.25, 0.3) is 5.91 Å². The monoisotopic (exact) mass is 305 g/mol. The Kier molecular flexibility index (Phi) is 3.72. The lowest BCUT2D eigenvalue weighted by Crippen LogP contribution is -2.15. The molecule has 0 bridgehead atoms. The highest BCUT2D eigenvalue weighted by molar-refractivity contribution is 9.10. The van der Waals surface area contributed by atoms with Crippen LogP contribution in [0.4, 0.5) is 5.82 Å². The zero-order chi connectivity index (χ0) is 13.1. The number of rotatable bonds is 2. The Bertz CT molecular complexity index is 578. The van der Waals surface area contributed by atoms with Crippen molar-refractivity contribution in [3.05, 3.63) is 51.9 Å². The van der Waals surface area contributed by atoms with Gasteiger partial charge in [0.05, 0.1) is 0 Å². The van der Waals surface area contributed by atoms with Gasteiger partial charge in [-0.05, 0) is 38.1 Å². The Balaban J connectivity index is 2.22. The molecule has 0 fully saturated rings. The molecule has 0 spiro atoms. The molecule has 0 aliphatic rings. The van der Waals surface area contributed by atoms with Gasteiger partial charge in [-0.2, -0.15) is 0 Å². The summed E-state index contributed by atoms with van der Waals surface area (Å²) in [5.74, 6) is 0.261. The third-order valence-corrected chi connectivity index (χ3v) is 2.74. The lowest BCUT2D eigenvalue weighted by Gasteiger charge is -2.05. The van der Waals surface area contributed by atoms with Crippen molar-refractivity contribution < 1.29 is 4.79 Å².